The molecule has 1 heterocycles. The number of aromatic nitrogens is 1. The van der Waals surface area contributed by atoms with Crippen molar-refractivity contribution in [3.05, 3.63) is 16.1 Å². The molecule has 0 amide bonds. The number of hydrogen-bond donors (Lipinski definition) is 1. The lowest BCUT2D eigenvalue weighted by molar-refractivity contribution is 0.280. The van der Waals surface area contributed by atoms with Crippen molar-refractivity contribution in [2.45, 2.75) is 40.0 Å². The van der Waals surface area contributed by atoms with Crippen molar-refractivity contribution in [2.75, 3.05) is 13.6 Å². The standard InChI is InChI=1S/C12H22N2S/c1-5-6-12(3,9-13-4)7-11-8-15-10(2)14-11/h8,13H,5-7,9H2,1-4H3. The maximum absolute atomic E-state index is 4.55. The summed E-state index contributed by atoms with van der Waals surface area (Å²) in [6.07, 6.45) is 3.58. The molecule has 86 valence electrons. The Bertz CT molecular complexity index is 288. The van der Waals surface area contributed by atoms with E-state index in [1.54, 1.807) is 11.3 Å². The third-order valence-corrected chi connectivity index (χ3v) is 3.55. The van der Waals surface area contributed by atoms with Gasteiger partial charge >= 0.3 is 0 Å². The molecule has 0 saturated heterocycles. The van der Waals surface area contributed by atoms with Crippen LogP contribution < -0.4 is 5.32 Å². The van der Waals surface area contributed by atoms with Crippen molar-refractivity contribution >= 4 is 11.3 Å². The molecule has 1 aromatic heterocycles. The molecular formula is C12H22N2S. The lowest BCUT2D eigenvalue weighted by Crippen LogP contribution is -2.31. The van der Waals surface area contributed by atoms with Crippen molar-refractivity contribution in [1.82, 2.24) is 10.3 Å². The van der Waals surface area contributed by atoms with Gasteiger partial charge in [0.25, 0.3) is 0 Å². The van der Waals surface area contributed by atoms with Gasteiger partial charge in [0, 0.05) is 11.9 Å². The van der Waals surface area contributed by atoms with E-state index in [4.69, 9.17) is 0 Å². The Morgan fingerprint density at radius 1 is 1.53 bits per heavy atom. The minimum atomic E-state index is 0.351. The number of hydrogen-bond acceptors (Lipinski definition) is 3. The Hall–Kier alpha value is -0.410. The molecule has 3 heteroatoms. The number of nitrogens with zero attached hydrogens (tertiary/aromatic N) is 1. The van der Waals surface area contributed by atoms with E-state index in [9.17, 15) is 0 Å². The molecule has 0 aliphatic rings. The Morgan fingerprint density at radius 3 is 2.73 bits per heavy atom. The second-order valence-electron chi connectivity index (χ2n) is 4.63. The third kappa shape index (κ3) is 3.92. The van der Waals surface area contributed by atoms with Crippen LogP contribution in [0, 0.1) is 12.3 Å². The Kier molecular flexibility index (Phi) is 4.74. The molecule has 15 heavy (non-hydrogen) atoms. The largest absolute Gasteiger partial charge is 0.319 e. The number of rotatable bonds is 6. The monoisotopic (exact) mass is 226 g/mol. The number of aryl methyl sites for hydroxylation is 1. The SMILES string of the molecule is CCCC(C)(CNC)Cc1csc(C)n1. The molecule has 0 spiro atoms. The van der Waals surface area contributed by atoms with Gasteiger partial charge in [0.2, 0.25) is 0 Å². The van der Waals surface area contributed by atoms with Gasteiger partial charge in [0.1, 0.15) is 0 Å². The van der Waals surface area contributed by atoms with Crippen LogP contribution >= 0.6 is 11.3 Å². The minimum Gasteiger partial charge on any atom is -0.319 e. The van der Waals surface area contributed by atoms with Gasteiger partial charge in [-0.3, -0.25) is 0 Å². The molecule has 0 radical (unpaired) electrons. The van der Waals surface area contributed by atoms with E-state index in [1.807, 2.05) is 7.05 Å². The Morgan fingerprint density at radius 2 is 2.27 bits per heavy atom. The van der Waals surface area contributed by atoms with Gasteiger partial charge in [-0.25, -0.2) is 4.98 Å². The topological polar surface area (TPSA) is 24.9 Å². The minimum absolute atomic E-state index is 0.351. The third-order valence-electron chi connectivity index (χ3n) is 2.73. The van der Waals surface area contributed by atoms with Gasteiger partial charge < -0.3 is 5.32 Å². The smallest absolute Gasteiger partial charge is 0.0897 e. The molecule has 1 rings (SSSR count). The van der Waals surface area contributed by atoms with Crippen LogP contribution in [0.25, 0.3) is 0 Å². The van der Waals surface area contributed by atoms with Gasteiger partial charge in [0.05, 0.1) is 10.7 Å². The van der Waals surface area contributed by atoms with Gasteiger partial charge in [-0.2, -0.15) is 0 Å². The van der Waals surface area contributed by atoms with E-state index in [0.717, 1.165) is 13.0 Å². The van der Waals surface area contributed by atoms with Crippen molar-refractivity contribution in [1.29, 1.82) is 0 Å². The molecule has 0 aliphatic heterocycles. The van der Waals surface area contributed by atoms with Crippen molar-refractivity contribution < 1.29 is 0 Å². The first-order valence-corrected chi connectivity index (χ1v) is 6.53. The van der Waals surface area contributed by atoms with Gasteiger partial charge in [-0.1, -0.05) is 20.3 Å². The van der Waals surface area contributed by atoms with Crippen LogP contribution in [-0.2, 0) is 6.42 Å². The zero-order valence-corrected chi connectivity index (χ0v) is 11.1. The lowest BCUT2D eigenvalue weighted by atomic mass is 9.81. The Labute approximate surface area is 97.1 Å². The van der Waals surface area contributed by atoms with Gasteiger partial charge in [0.15, 0.2) is 0 Å². The molecule has 1 N–H and O–H groups in total. The highest BCUT2D eigenvalue weighted by Crippen LogP contribution is 2.27. The van der Waals surface area contributed by atoms with Crippen LogP contribution in [0.3, 0.4) is 0 Å². The first kappa shape index (κ1) is 12.7. The first-order chi connectivity index (χ1) is 7.09. The predicted molar refractivity (Wildman–Crippen MR) is 67.5 cm³/mol. The van der Waals surface area contributed by atoms with E-state index in [-0.39, 0.29) is 0 Å². The average molecular weight is 226 g/mol. The van der Waals surface area contributed by atoms with E-state index in [0.29, 0.717) is 5.41 Å². The average Bonchev–Trinajstić information content (AvgIpc) is 2.51. The molecule has 1 atom stereocenters. The summed E-state index contributed by atoms with van der Waals surface area (Å²) >= 11 is 1.75. The molecule has 0 fully saturated rings. The van der Waals surface area contributed by atoms with E-state index in [1.165, 1.54) is 23.5 Å². The molecular weight excluding hydrogens is 204 g/mol. The highest BCUT2D eigenvalue weighted by Gasteiger charge is 2.23. The molecule has 0 aromatic carbocycles. The quantitative estimate of drug-likeness (QED) is 0.806. The first-order valence-electron chi connectivity index (χ1n) is 5.65. The summed E-state index contributed by atoms with van der Waals surface area (Å²) in [7, 11) is 2.03. The zero-order valence-electron chi connectivity index (χ0n) is 10.3. The second kappa shape index (κ2) is 5.61. The van der Waals surface area contributed by atoms with Gasteiger partial charge in [-0.05, 0) is 32.2 Å². The molecule has 0 bridgehead atoms. The van der Waals surface area contributed by atoms with Crippen molar-refractivity contribution in [3.8, 4) is 0 Å². The summed E-state index contributed by atoms with van der Waals surface area (Å²) in [6, 6.07) is 0. The maximum Gasteiger partial charge on any atom is 0.0897 e. The van der Waals surface area contributed by atoms with E-state index < -0.39 is 0 Å². The number of nitrogens with one attached hydrogen (secondary N) is 1. The fourth-order valence-corrected chi connectivity index (χ4v) is 2.81. The maximum atomic E-state index is 4.55. The summed E-state index contributed by atoms with van der Waals surface area (Å²) in [6.45, 7) is 7.74. The Balaban J connectivity index is 2.65. The van der Waals surface area contributed by atoms with Crippen LogP contribution in [0.4, 0.5) is 0 Å². The van der Waals surface area contributed by atoms with Crippen LogP contribution in [0.5, 0.6) is 0 Å². The molecule has 2 nitrogen and oxygen atoms in total. The zero-order chi connectivity index (χ0) is 11.3. The van der Waals surface area contributed by atoms with Crippen molar-refractivity contribution in [3.63, 3.8) is 0 Å². The summed E-state index contributed by atoms with van der Waals surface area (Å²) < 4.78 is 0. The molecule has 1 unspecified atom stereocenters. The highest BCUT2D eigenvalue weighted by molar-refractivity contribution is 7.09. The van der Waals surface area contributed by atoms with Crippen LogP contribution in [-0.4, -0.2) is 18.6 Å². The van der Waals surface area contributed by atoms with Crippen LogP contribution in [0.1, 0.15) is 37.4 Å². The summed E-state index contributed by atoms with van der Waals surface area (Å²) in [5.41, 5.74) is 1.60. The highest BCUT2D eigenvalue weighted by atomic mass is 32.1. The summed E-state index contributed by atoms with van der Waals surface area (Å²) in [5, 5.41) is 6.66. The van der Waals surface area contributed by atoms with Gasteiger partial charge in [-0.15, -0.1) is 11.3 Å². The molecule has 1 aromatic rings. The second-order valence-corrected chi connectivity index (χ2v) is 5.69. The van der Waals surface area contributed by atoms with E-state index in [2.05, 4.69) is 36.5 Å². The molecule has 0 aliphatic carbocycles. The normalized spacial score (nSPS) is 15.2. The summed E-state index contributed by atoms with van der Waals surface area (Å²) in [5.74, 6) is 0. The predicted octanol–water partition coefficient (Wildman–Crippen LogP) is 3.02. The summed E-state index contributed by atoms with van der Waals surface area (Å²) in [4.78, 5) is 4.55. The lowest BCUT2D eigenvalue weighted by Gasteiger charge is -2.28. The fourth-order valence-electron chi connectivity index (χ4n) is 2.20. The molecule has 0 saturated carbocycles. The fraction of sp³-hybridized carbons (Fsp3) is 0.750. The van der Waals surface area contributed by atoms with E-state index >= 15 is 0 Å². The van der Waals surface area contributed by atoms with Crippen LogP contribution in [0.15, 0.2) is 5.38 Å². The van der Waals surface area contributed by atoms with Crippen LogP contribution in [0.2, 0.25) is 0 Å². The van der Waals surface area contributed by atoms with Crippen molar-refractivity contribution in [2.24, 2.45) is 5.41 Å². The number of thiazole rings is 1.